The topological polar surface area (TPSA) is 48.3 Å². The van der Waals surface area contributed by atoms with Crippen molar-refractivity contribution in [1.82, 2.24) is 9.78 Å². The highest BCUT2D eigenvalue weighted by Crippen LogP contribution is 2.37. The summed E-state index contributed by atoms with van der Waals surface area (Å²) in [5.74, 6) is 1.03. The van der Waals surface area contributed by atoms with E-state index in [1.807, 2.05) is 17.1 Å². The first-order valence-corrected chi connectivity index (χ1v) is 7.62. The Balaban J connectivity index is 1.66. The number of fused-ring (bicyclic) bond motifs is 1. The Labute approximate surface area is 131 Å². The van der Waals surface area contributed by atoms with Crippen LogP contribution in [0.2, 0.25) is 0 Å². The zero-order valence-corrected chi connectivity index (χ0v) is 13.4. The summed E-state index contributed by atoms with van der Waals surface area (Å²) in [6, 6.07) is 6.36. The predicted molar refractivity (Wildman–Crippen MR) is 86.3 cm³/mol. The van der Waals surface area contributed by atoms with E-state index in [-0.39, 0.29) is 5.60 Å². The Kier molecular flexibility index (Phi) is 4.07. The normalized spacial score (nSPS) is 15.4. The molecule has 22 heavy (non-hydrogen) atoms. The minimum Gasteiger partial charge on any atom is -0.487 e. The third-order valence-electron chi connectivity index (χ3n) is 3.81. The molecule has 0 saturated carbocycles. The zero-order chi connectivity index (χ0) is 15.6. The van der Waals surface area contributed by atoms with Crippen molar-refractivity contribution in [2.75, 3.05) is 19.0 Å². The first-order valence-electron chi connectivity index (χ1n) is 7.62. The second-order valence-corrected chi connectivity index (χ2v) is 6.28. The van der Waals surface area contributed by atoms with Crippen LogP contribution >= 0.6 is 0 Å². The van der Waals surface area contributed by atoms with Crippen LogP contribution in [0.3, 0.4) is 0 Å². The Morgan fingerprint density at radius 3 is 3.09 bits per heavy atom. The molecule has 0 unspecified atom stereocenters. The predicted octanol–water partition coefficient (Wildman–Crippen LogP) is 2.86. The first kappa shape index (κ1) is 14.9. The van der Waals surface area contributed by atoms with E-state index in [2.05, 4.69) is 42.5 Å². The van der Waals surface area contributed by atoms with Gasteiger partial charge in [0, 0.05) is 31.8 Å². The van der Waals surface area contributed by atoms with Gasteiger partial charge in [0.15, 0.2) is 0 Å². The third-order valence-corrected chi connectivity index (χ3v) is 3.81. The maximum Gasteiger partial charge on any atom is 0.128 e. The second-order valence-electron chi connectivity index (χ2n) is 6.28. The van der Waals surface area contributed by atoms with Crippen LogP contribution in [-0.2, 0) is 24.2 Å². The number of anilines is 1. The van der Waals surface area contributed by atoms with Crippen LogP contribution in [-0.4, -0.2) is 29.1 Å². The quantitative estimate of drug-likeness (QED) is 0.891. The minimum absolute atomic E-state index is 0.108. The maximum absolute atomic E-state index is 6.09. The van der Waals surface area contributed by atoms with Crippen molar-refractivity contribution < 1.29 is 9.47 Å². The van der Waals surface area contributed by atoms with Gasteiger partial charge in [-0.2, -0.15) is 5.10 Å². The Bertz CT molecular complexity index is 649. The van der Waals surface area contributed by atoms with E-state index in [1.165, 1.54) is 11.1 Å². The van der Waals surface area contributed by atoms with Gasteiger partial charge in [-0.3, -0.25) is 4.68 Å². The van der Waals surface area contributed by atoms with Crippen LogP contribution in [0.15, 0.2) is 30.6 Å². The van der Waals surface area contributed by atoms with Gasteiger partial charge in [0.2, 0.25) is 0 Å². The number of methoxy groups -OCH3 is 1. The Hall–Kier alpha value is -2.01. The summed E-state index contributed by atoms with van der Waals surface area (Å²) >= 11 is 0. The molecule has 1 aliphatic heterocycles. The fraction of sp³-hybridized carbons (Fsp3) is 0.471. The van der Waals surface area contributed by atoms with Crippen LogP contribution in [0.25, 0.3) is 0 Å². The number of aromatic nitrogens is 2. The largest absolute Gasteiger partial charge is 0.487 e. The number of rotatable bonds is 6. The lowest BCUT2D eigenvalue weighted by atomic mass is 10.0. The number of para-hydroxylation sites is 1. The highest BCUT2D eigenvalue weighted by atomic mass is 16.5. The van der Waals surface area contributed by atoms with Gasteiger partial charge in [-0.1, -0.05) is 18.2 Å². The van der Waals surface area contributed by atoms with Gasteiger partial charge >= 0.3 is 0 Å². The van der Waals surface area contributed by atoms with Gasteiger partial charge < -0.3 is 14.8 Å². The number of hydrogen-bond donors (Lipinski definition) is 1. The summed E-state index contributed by atoms with van der Waals surface area (Å²) in [6.07, 6.45) is 4.79. The molecule has 1 aromatic carbocycles. The van der Waals surface area contributed by atoms with E-state index < -0.39 is 0 Å². The van der Waals surface area contributed by atoms with Gasteiger partial charge in [0.25, 0.3) is 0 Å². The molecule has 1 aromatic heterocycles. The summed E-state index contributed by atoms with van der Waals surface area (Å²) in [5, 5.41) is 7.72. The van der Waals surface area contributed by atoms with Crippen LogP contribution in [0, 0.1) is 0 Å². The van der Waals surface area contributed by atoms with Crippen LogP contribution in [0.1, 0.15) is 25.0 Å². The van der Waals surface area contributed by atoms with Gasteiger partial charge in [-0.25, -0.2) is 0 Å². The molecular formula is C17H23N3O2. The first-order chi connectivity index (χ1) is 10.6. The van der Waals surface area contributed by atoms with Gasteiger partial charge in [0.1, 0.15) is 11.4 Å². The average Bonchev–Trinajstić information content (AvgIpc) is 3.05. The number of ether oxygens (including phenoxy) is 2. The van der Waals surface area contributed by atoms with Crippen molar-refractivity contribution in [3.63, 3.8) is 0 Å². The van der Waals surface area contributed by atoms with Crippen LogP contribution in [0.4, 0.5) is 5.69 Å². The van der Waals surface area contributed by atoms with Crippen molar-refractivity contribution in [3.05, 3.63) is 41.7 Å². The van der Waals surface area contributed by atoms with E-state index in [0.29, 0.717) is 6.61 Å². The SMILES string of the molecule is COCCn1cc(NCc2cccc3c2OC(C)(C)C3)cn1. The zero-order valence-electron chi connectivity index (χ0n) is 13.4. The summed E-state index contributed by atoms with van der Waals surface area (Å²) in [6.45, 7) is 6.41. The molecule has 1 N–H and O–H groups in total. The molecule has 2 aromatic rings. The molecule has 1 aliphatic rings. The monoisotopic (exact) mass is 301 g/mol. The highest BCUT2D eigenvalue weighted by molar-refractivity contribution is 5.48. The lowest BCUT2D eigenvalue weighted by Crippen LogP contribution is -2.25. The van der Waals surface area contributed by atoms with Gasteiger partial charge in [-0.05, 0) is 19.4 Å². The molecule has 0 bridgehead atoms. The van der Waals surface area contributed by atoms with Crippen molar-refractivity contribution in [2.24, 2.45) is 0 Å². The fourth-order valence-corrected chi connectivity index (χ4v) is 2.78. The van der Waals surface area contributed by atoms with E-state index in [0.717, 1.165) is 30.9 Å². The Morgan fingerprint density at radius 1 is 1.41 bits per heavy atom. The van der Waals surface area contributed by atoms with Crippen molar-refractivity contribution >= 4 is 5.69 Å². The molecule has 0 atom stereocenters. The highest BCUT2D eigenvalue weighted by Gasteiger charge is 2.31. The van der Waals surface area contributed by atoms with E-state index >= 15 is 0 Å². The van der Waals surface area contributed by atoms with E-state index in [4.69, 9.17) is 9.47 Å². The number of nitrogens with zero attached hydrogens (tertiary/aromatic N) is 2. The molecule has 5 nitrogen and oxygen atoms in total. The molecule has 2 heterocycles. The van der Waals surface area contributed by atoms with Crippen molar-refractivity contribution in [1.29, 1.82) is 0 Å². The maximum atomic E-state index is 6.09. The van der Waals surface area contributed by atoms with Crippen LogP contribution in [0.5, 0.6) is 5.75 Å². The molecule has 0 fully saturated rings. The molecular weight excluding hydrogens is 278 g/mol. The second kappa shape index (κ2) is 6.01. The van der Waals surface area contributed by atoms with Crippen molar-refractivity contribution in [3.8, 4) is 5.75 Å². The molecule has 118 valence electrons. The summed E-state index contributed by atoms with van der Waals surface area (Å²) in [5.41, 5.74) is 3.38. The average molecular weight is 301 g/mol. The molecule has 0 saturated heterocycles. The van der Waals surface area contributed by atoms with E-state index in [1.54, 1.807) is 7.11 Å². The number of benzene rings is 1. The molecule has 0 amide bonds. The summed E-state index contributed by atoms with van der Waals surface area (Å²) < 4.78 is 13.0. The molecule has 5 heteroatoms. The molecule has 0 aliphatic carbocycles. The minimum atomic E-state index is -0.108. The van der Waals surface area contributed by atoms with Crippen LogP contribution < -0.4 is 10.1 Å². The Morgan fingerprint density at radius 2 is 2.27 bits per heavy atom. The molecule has 0 spiro atoms. The van der Waals surface area contributed by atoms with Gasteiger partial charge in [-0.15, -0.1) is 0 Å². The lowest BCUT2D eigenvalue weighted by molar-refractivity contribution is 0.137. The molecule has 0 radical (unpaired) electrons. The van der Waals surface area contributed by atoms with Gasteiger partial charge in [0.05, 0.1) is 25.0 Å². The van der Waals surface area contributed by atoms with E-state index in [9.17, 15) is 0 Å². The van der Waals surface area contributed by atoms with Crippen molar-refractivity contribution in [2.45, 2.75) is 39.0 Å². The standard InChI is InChI=1S/C17H23N3O2/c1-17(2)9-13-5-4-6-14(16(13)22-17)10-18-15-11-19-20(12-15)7-8-21-3/h4-6,11-12,18H,7-10H2,1-3H3. The molecule has 3 rings (SSSR count). The summed E-state index contributed by atoms with van der Waals surface area (Å²) in [7, 11) is 1.69. The lowest BCUT2D eigenvalue weighted by Gasteiger charge is -2.18. The summed E-state index contributed by atoms with van der Waals surface area (Å²) in [4.78, 5) is 0. The number of hydrogen-bond acceptors (Lipinski definition) is 4. The fourth-order valence-electron chi connectivity index (χ4n) is 2.78. The number of nitrogens with one attached hydrogen (secondary N) is 1. The smallest absolute Gasteiger partial charge is 0.128 e. The third kappa shape index (κ3) is 3.25.